The molecule has 0 atom stereocenters. The van der Waals surface area contributed by atoms with E-state index >= 15 is 0 Å². The van der Waals surface area contributed by atoms with Gasteiger partial charge in [0.1, 0.15) is 0 Å². The third kappa shape index (κ3) is 5.47. The Bertz CT molecular complexity index is 1280. The highest BCUT2D eigenvalue weighted by Gasteiger charge is 2.30. The van der Waals surface area contributed by atoms with Crippen molar-refractivity contribution in [1.82, 2.24) is 5.32 Å². The van der Waals surface area contributed by atoms with E-state index in [1.54, 1.807) is 23.1 Å². The molecule has 184 valence electrons. The zero-order valence-electron chi connectivity index (χ0n) is 20.2. The summed E-state index contributed by atoms with van der Waals surface area (Å²) < 4.78 is 5.99. The molecule has 0 spiro atoms. The molecule has 0 bridgehead atoms. The average molecular weight is 501 g/mol. The standard InChI is InChI=1S/C30H29ClN2O3/c1-20-6-16-25(17-7-20)32-29(34)23-12-8-21(9-13-23)18-28-30(35)33(19-22-10-14-24(31)15-11-22)26-4-2-3-5-27(26)36-28/h2-5,8-15,18,20,25H,6-7,16-17,19H2,1H3,(H,32,34)/b28-18-. The molecule has 0 saturated heterocycles. The predicted octanol–water partition coefficient (Wildman–Crippen LogP) is 6.62. The maximum absolute atomic E-state index is 13.4. The molecule has 1 aliphatic carbocycles. The van der Waals surface area contributed by atoms with Crippen LogP contribution in [0.4, 0.5) is 5.69 Å². The SMILES string of the molecule is CC1CCC(NC(=O)c2ccc(/C=C3\Oc4ccccc4N(Cc4ccc(Cl)cc4)C3=O)cc2)CC1. The number of nitrogens with one attached hydrogen (secondary N) is 1. The van der Waals surface area contributed by atoms with Crippen LogP contribution in [-0.2, 0) is 11.3 Å². The lowest BCUT2D eigenvalue weighted by Gasteiger charge is -2.30. The molecule has 5 rings (SSSR count). The summed E-state index contributed by atoms with van der Waals surface area (Å²) in [6.45, 7) is 2.66. The lowest BCUT2D eigenvalue weighted by atomic mass is 9.87. The normalized spacial score (nSPS) is 20.6. The molecular formula is C30H29ClN2O3. The smallest absolute Gasteiger partial charge is 0.294 e. The highest BCUT2D eigenvalue weighted by molar-refractivity contribution is 6.30. The lowest BCUT2D eigenvalue weighted by molar-refractivity contribution is -0.117. The summed E-state index contributed by atoms with van der Waals surface area (Å²) in [5, 5.41) is 3.81. The molecule has 2 aliphatic rings. The number of anilines is 1. The van der Waals surface area contributed by atoms with Crippen molar-refractivity contribution in [3.05, 3.63) is 100 Å². The van der Waals surface area contributed by atoms with Gasteiger partial charge in [0, 0.05) is 16.6 Å². The Kier molecular flexibility index (Phi) is 7.10. The van der Waals surface area contributed by atoms with Gasteiger partial charge in [-0.05, 0) is 85.2 Å². The molecule has 1 aliphatic heterocycles. The molecule has 36 heavy (non-hydrogen) atoms. The fourth-order valence-corrected chi connectivity index (χ4v) is 4.87. The van der Waals surface area contributed by atoms with E-state index < -0.39 is 0 Å². The van der Waals surface area contributed by atoms with Crippen molar-refractivity contribution >= 4 is 35.2 Å². The number of hydrogen-bond donors (Lipinski definition) is 1. The summed E-state index contributed by atoms with van der Waals surface area (Å²) in [7, 11) is 0. The minimum Gasteiger partial charge on any atom is -0.449 e. The van der Waals surface area contributed by atoms with Crippen molar-refractivity contribution in [2.45, 2.75) is 45.2 Å². The maximum atomic E-state index is 13.4. The van der Waals surface area contributed by atoms with Gasteiger partial charge in [-0.15, -0.1) is 0 Å². The number of ether oxygens (including phenoxy) is 1. The van der Waals surface area contributed by atoms with E-state index in [1.807, 2.05) is 60.7 Å². The fraction of sp³-hybridized carbons (Fsp3) is 0.267. The summed E-state index contributed by atoms with van der Waals surface area (Å²) in [6, 6.07) is 22.5. The highest BCUT2D eigenvalue weighted by atomic mass is 35.5. The first-order valence-corrected chi connectivity index (χ1v) is 12.8. The summed E-state index contributed by atoms with van der Waals surface area (Å²) in [6.07, 6.45) is 6.10. The monoisotopic (exact) mass is 500 g/mol. The Hall–Kier alpha value is -3.57. The molecule has 1 heterocycles. The first-order chi connectivity index (χ1) is 17.5. The van der Waals surface area contributed by atoms with E-state index in [9.17, 15) is 9.59 Å². The summed E-state index contributed by atoms with van der Waals surface area (Å²) in [4.78, 5) is 27.8. The van der Waals surface area contributed by atoms with Gasteiger partial charge in [0.2, 0.25) is 0 Å². The molecule has 6 heteroatoms. The molecule has 0 aromatic heterocycles. The van der Waals surface area contributed by atoms with E-state index in [-0.39, 0.29) is 23.6 Å². The third-order valence-electron chi connectivity index (χ3n) is 6.91. The number of carbonyl (C=O) groups is 2. The molecule has 1 fully saturated rings. The van der Waals surface area contributed by atoms with Crippen LogP contribution in [-0.4, -0.2) is 17.9 Å². The van der Waals surface area contributed by atoms with Crippen molar-refractivity contribution in [2.75, 3.05) is 4.90 Å². The lowest BCUT2D eigenvalue weighted by Crippen LogP contribution is -2.37. The largest absolute Gasteiger partial charge is 0.449 e. The summed E-state index contributed by atoms with van der Waals surface area (Å²) >= 11 is 6.03. The molecule has 1 saturated carbocycles. The van der Waals surface area contributed by atoms with Crippen LogP contribution in [0.2, 0.25) is 5.02 Å². The topological polar surface area (TPSA) is 58.6 Å². The first-order valence-electron chi connectivity index (χ1n) is 12.4. The molecule has 0 unspecified atom stereocenters. The number of nitrogens with zero attached hydrogens (tertiary/aromatic N) is 1. The molecule has 1 N–H and O–H groups in total. The zero-order chi connectivity index (χ0) is 25.1. The van der Waals surface area contributed by atoms with Crippen LogP contribution in [0.25, 0.3) is 6.08 Å². The van der Waals surface area contributed by atoms with Gasteiger partial charge >= 0.3 is 0 Å². The van der Waals surface area contributed by atoms with Gasteiger partial charge in [0.05, 0.1) is 12.2 Å². The quantitative estimate of drug-likeness (QED) is 0.401. The van der Waals surface area contributed by atoms with Gasteiger partial charge < -0.3 is 10.1 Å². The second-order valence-corrected chi connectivity index (χ2v) is 10.1. The van der Waals surface area contributed by atoms with Crippen molar-refractivity contribution in [3.63, 3.8) is 0 Å². The van der Waals surface area contributed by atoms with Crippen LogP contribution < -0.4 is 15.0 Å². The number of benzene rings is 3. The Labute approximate surface area is 216 Å². The number of halogens is 1. The van der Waals surface area contributed by atoms with Gasteiger partial charge in [-0.1, -0.05) is 54.9 Å². The van der Waals surface area contributed by atoms with Crippen LogP contribution >= 0.6 is 11.6 Å². The van der Waals surface area contributed by atoms with E-state index in [0.717, 1.165) is 48.4 Å². The van der Waals surface area contributed by atoms with Crippen LogP contribution in [0.3, 0.4) is 0 Å². The van der Waals surface area contributed by atoms with Gasteiger partial charge in [-0.2, -0.15) is 0 Å². The van der Waals surface area contributed by atoms with Crippen LogP contribution in [0.5, 0.6) is 5.75 Å². The van der Waals surface area contributed by atoms with E-state index in [2.05, 4.69) is 12.2 Å². The van der Waals surface area contributed by atoms with Crippen LogP contribution in [0.15, 0.2) is 78.6 Å². The molecule has 0 radical (unpaired) electrons. The van der Waals surface area contributed by atoms with Crippen molar-refractivity contribution in [2.24, 2.45) is 5.92 Å². The fourth-order valence-electron chi connectivity index (χ4n) is 4.75. The highest BCUT2D eigenvalue weighted by Crippen LogP contribution is 2.36. The van der Waals surface area contributed by atoms with Crippen LogP contribution in [0, 0.1) is 5.92 Å². The van der Waals surface area contributed by atoms with Gasteiger partial charge in [-0.25, -0.2) is 0 Å². The summed E-state index contributed by atoms with van der Waals surface area (Å²) in [5.41, 5.74) is 3.08. The summed E-state index contributed by atoms with van der Waals surface area (Å²) in [5.74, 6) is 1.31. The van der Waals surface area contributed by atoms with Gasteiger partial charge in [0.15, 0.2) is 11.5 Å². The number of amides is 2. The van der Waals surface area contributed by atoms with Gasteiger partial charge in [0.25, 0.3) is 11.8 Å². The molecular weight excluding hydrogens is 472 g/mol. The third-order valence-corrected chi connectivity index (χ3v) is 7.16. The average Bonchev–Trinajstić information content (AvgIpc) is 2.89. The van der Waals surface area contributed by atoms with Gasteiger partial charge in [-0.3, -0.25) is 14.5 Å². The van der Waals surface area contributed by atoms with Crippen molar-refractivity contribution in [1.29, 1.82) is 0 Å². The second kappa shape index (κ2) is 10.6. The van der Waals surface area contributed by atoms with Crippen LogP contribution in [0.1, 0.15) is 54.1 Å². The zero-order valence-corrected chi connectivity index (χ0v) is 21.0. The number of carbonyl (C=O) groups excluding carboxylic acids is 2. The van der Waals surface area contributed by atoms with Crippen molar-refractivity contribution in [3.8, 4) is 5.75 Å². The van der Waals surface area contributed by atoms with E-state index in [4.69, 9.17) is 16.3 Å². The number of rotatable bonds is 5. The Balaban J connectivity index is 1.33. The number of hydrogen-bond acceptors (Lipinski definition) is 3. The Morgan fingerprint density at radius 1 is 1.00 bits per heavy atom. The minimum absolute atomic E-state index is 0.0539. The Morgan fingerprint density at radius 3 is 2.42 bits per heavy atom. The molecule has 3 aromatic rings. The van der Waals surface area contributed by atoms with E-state index in [0.29, 0.717) is 22.9 Å². The second-order valence-electron chi connectivity index (χ2n) is 9.65. The molecule has 5 nitrogen and oxygen atoms in total. The number of para-hydroxylation sites is 2. The molecule has 3 aromatic carbocycles. The van der Waals surface area contributed by atoms with Crippen molar-refractivity contribution < 1.29 is 14.3 Å². The van der Waals surface area contributed by atoms with E-state index in [1.165, 1.54) is 0 Å². The first kappa shape index (κ1) is 24.1. The maximum Gasteiger partial charge on any atom is 0.294 e. The molecule has 2 amide bonds. The Morgan fingerprint density at radius 2 is 1.69 bits per heavy atom. The minimum atomic E-state index is -0.225. The number of fused-ring (bicyclic) bond motifs is 1. The predicted molar refractivity (Wildman–Crippen MR) is 143 cm³/mol.